The third-order valence-electron chi connectivity index (χ3n) is 4.88. The Labute approximate surface area is 194 Å². The van der Waals surface area contributed by atoms with Crippen LogP contribution in [0.15, 0.2) is 47.1 Å². The highest BCUT2D eigenvalue weighted by Gasteiger charge is 2.21. The van der Waals surface area contributed by atoms with Crippen LogP contribution in [-0.4, -0.2) is 35.5 Å². The molecule has 1 heterocycles. The number of hydrogen-bond donors (Lipinski definition) is 1. The average molecular weight is 454 g/mol. The molecule has 0 aliphatic rings. The number of carbonyl (C=O) groups is 1. The van der Waals surface area contributed by atoms with Crippen LogP contribution in [0.5, 0.6) is 17.2 Å². The largest absolute Gasteiger partial charge is 0.490 e. The zero-order valence-corrected chi connectivity index (χ0v) is 19.6. The molecule has 0 bridgehead atoms. The molecule has 0 saturated heterocycles. The van der Waals surface area contributed by atoms with Crippen molar-refractivity contribution >= 4 is 11.7 Å². The minimum atomic E-state index is -0.740. The summed E-state index contributed by atoms with van der Waals surface area (Å²) in [5.74, 6) is 1.73. The zero-order chi connectivity index (χ0) is 23.6. The van der Waals surface area contributed by atoms with Crippen LogP contribution in [-0.2, 0) is 11.2 Å². The highest BCUT2D eigenvalue weighted by molar-refractivity contribution is 5.96. The molecule has 0 fully saturated rings. The minimum absolute atomic E-state index is 0.209. The summed E-state index contributed by atoms with van der Waals surface area (Å²) in [6.45, 7) is 8.98. The fourth-order valence-electron chi connectivity index (χ4n) is 3.05. The molecule has 0 spiro atoms. The molecule has 33 heavy (non-hydrogen) atoms. The normalized spacial score (nSPS) is 11.6. The number of anilines is 1. The van der Waals surface area contributed by atoms with Gasteiger partial charge in [0.1, 0.15) is 5.75 Å². The van der Waals surface area contributed by atoms with Crippen LogP contribution in [0.3, 0.4) is 0 Å². The van der Waals surface area contributed by atoms with Gasteiger partial charge in [-0.25, -0.2) is 4.63 Å². The zero-order valence-electron chi connectivity index (χ0n) is 19.6. The molecule has 8 nitrogen and oxygen atoms in total. The number of nitrogens with one attached hydrogen (secondary N) is 1. The van der Waals surface area contributed by atoms with Crippen molar-refractivity contribution in [3.8, 4) is 28.5 Å². The third kappa shape index (κ3) is 6.47. The molecule has 3 aromatic rings. The van der Waals surface area contributed by atoms with Gasteiger partial charge in [0.2, 0.25) is 5.82 Å². The van der Waals surface area contributed by atoms with E-state index in [0.717, 1.165) is 19.3 Å². The fourth-order valence-corrected chi connectivity index (χ4v) is 3.05. The van der Waals surface area contributed by atoms with Gasteiger partial charge in [0.25, 0.3) is 5.91 Å². The molecule has 8 heteroatoms. The van der Waals surface area contributed by atoms with Gasteiger partial charge in [-0.3, -0.25) is 4.79 Å². The number of aromatic nitrogens is 2. The molecule has 1 aromatic heterocycles. The molecule has 0 unspecified atom stereocenters. The summed E-state index contributed by atoms with van der Waals surface area (Å²) >= 11 is 0. The van der Waals surface area contributed by atoms with Crippen molar-refractivity contribution in [1.29, 1.82) is 0 Å². The monoisotopic (exact) mass is 453 g/mol. The summed E-state index contributed by atoms with van der Waals surface area (Å²) in [6, 6.07) is 13.1. The standard InChI is InChI=1S/C25H31N3O5/c1-5-14-30-21-13-10-19(16-22(21)31-15-6-2)23-24(28-33-27-23)26-25(29)17(4)32-20-11-8-18(7-3)9-12-20/h8-13,16-17H,5-7,14-15H2,1-4H3,(H,26,28,29)/t17-/m1/s1. The first-order valence-electron chi connectivity index (χ1n) is 11.3. The van der Waals surface area contributed by atoms with Crippen molar-refractivity contribution in [3.05, 3.63) is 48.0 Å². The number of aryl methyl sites for hydroxylation is 1. The Balaban J connectivity index is 1.73. The Morgan fingerprint density at radius 3 is 2.33 bits per heavy atom. The predicted octanol–water partition coefficient (Wildman–Crippen LogP) is 5.28. The molecule has 1 N–H and O–H groups in total. The molecule has 2 aromatic carbocycles. The topological polar surface area (TPSA) is 95.7 Å². The van der Waals surface area contributed by atoms with E-state index >= 15 is 0 Å². The lowest BCUT2D eigenvalue weighted by Crippen LogP contribution is -2.30. The first kappa shape index (κ1) is 24.1. The molecule has 1 amide bonds. The Hall–Kier alpha value is -3.55. The van der Waals surface area contributed by atoms with Crippen LogP contribution in [0.2, 0.25) is 0 Å². The van der Waals surface area contributed by atoms with Crippen molar-refractivity contribution in [2.24, 2.45) is 0 Å². The lowest BCUT2D eigenvalue weighted by molar-refractivity contribution is -0.122. The van der Waals surface area contributed by atoms with Crippen LogP contribution in [0, 0.1) is 0 Å². The van der Waals surface area contributed by atoms with Crippen molar-refractivity contribution in [3.63, 3.8) is 0 Å². The smallest absolute Gasteiger partial charge is 0.266 e. The number of rotatable bonds is 12. The molecular formula is C25H31N3O5. The first-order chi connectivity index (χ1) is 16.0. The number of benzene rings is 2. The van der Waals surface area contributed by atoms with E-state index in [1.807, 2.05) is 56.3 Å². The van der Waals surface area contributed by atoms with Gasteiger partial charge in [-0.05, 0) is 72.4 Å². The maximum absolute atomic E-state index is 12.7. The van der Waals surface area contributed by atoms with Crippen LogP contribution in [0.1, 0.15) is 46.1 Å². The second-order valence-corrected chi connectivity index (χ2v) is 7.57. The maximum atomic E-state index is 12.7. The summed E-state index contributed by atoms with van der Waals surface area (Å²) < 4.78 is 22.3. The van der Waals surface area contributed by atoms with E-state index < -0.39 is 6.10 Å². The van der Waals surface area contributed by atoms with Gasteiger partial charge < -0.3 is 19.5 Å². The van der Waals surface area contributed by atoms with E-state index in [1.54, 1.807) is 6.92 Å². The van der Waals surface area contributed by atoms with Gasteiger partial charge in [0.15, 0.2) is 23.3 Å². The number of hydrogen-bond acceptors (Lipinski definition) is 7. The summed E-state index contributed by atoms with van der Waals surface area (Å²) in [7, 11) is 0. The van der Waals surface area contributed by atoms with E-state index in [0.29, 0.717) is 41.7 Å². The lowest BCUT2D eigenvalue weighted by atomic mass is 10.1. The van der Waals surface area contributed by atoms with Crippen molar-refractivity contribution in [2.45, 2.75) is 53.1 Å². The summed E-state index contributed by atoms with van der Waals surface area (Å²) in [5, 5.41) is 10.6. The second-order valence-electron chi connectivity index (χ2n) is 7.57. The Morgan fingerprint density at radius 1 is 0.970 bits per heavy atom. The molecule has 176 valence electrons. The molecule has 0 saturated carbocycles. The van der Waals surface area contributed by atoms with Crippen LogP contribution in [0.25, 0.3) is 11.3 Å². The van der Waals surface area contributed by atoms with E-state index in [9.17, 15) is 4.79 Å². The maximum Gasteiger partial charge on any atom is 0.266 e. The lowest BCUT2D eigenvalue weighted by Gasteiger charge is -2.15. The highest BCUT2D eigenvalue weighted by atomic mass is 16.6. The van der Waals surface area contributed by atoms with Crippen LogP contribution < -0.4 is 19.5 Å². The van der Waals surface area contributed by atoms with Crippen LogP contribution >= 0.6 is 0 Å². The number of carbonyl (C=O) groups excluding carboxylic acids is 1. The summed E-state index contributed by atoms with van der Waals surface area (Å²) in [4.78, 5) is 12.7. The Morgan fingerprint density at radius 2 is 1.67 bits per heavy atom. The average Bonchev–Trinajstić information content (AvgIpc) is 3.30. The van der Waals surface area contributed by atoms with Crippen LogP contribution in [0.4, 0.5) is 5.82 Å². The van der Waals surface area contributed by atoms with Gasteiger partial charge in [-0.1, -0.05) is 32.9 Å². The molecule has 0 aliphatic carbocycles. The molecular weight excluding hydrogens is 422 g/mol. The fraction of sp³-hybridized carbons (Fsp3) is 0.400. The summed E-state index contributed by atoms with van der Waals surface area (Å²) in [5.41, 5.74) is 2.28. The molecule has 0 radical (unpaired) electrons. The van der Waals surface area contributed by atoms with Gasteiger partial charge in [0, 0.05) is 5.56 Å². The van der Waals surface area contributed by atoms with E-state index in [-0.39, 0.29) is 11.7 Å². The molecule has 0 aliphatic heterocycles. The van der Waals surface area contributed by atoms with E-state index in [2.05, 4.69) is 22.6 Å². The Bertz CT molecular complexity index is 1030. The Kier molecular flexibility index (Phi) is 8.69. The summed E-state index contributed by atoms with van der Waals surface area (Å²) in [6.07, 6.45) is 1.95. The quantitative estimate of drug-likeness (QED) is 0.398. The van der Waals surface area contributed by atoms with Crippen molar-refractivity contribution in [2.75, 3.05) is 18.5 Å². The number of ether oxygens (including phenoxy) is 3. The predicted molar refractivity (Wildman–Crippen MR) is 126 cm³/mol. The van der Waals surface area contributed by atoms with Gasteiger partial charge in [-0.15, -0.1) is 0 Å². The number of amides is 1. The highest BCUT2D eigenvalue weighted by Crippen LogP contribution is 2.34. The van der Waals surface area contributed by atoms with E-state index in [4.69, 9.17) is 18.8 Å². The first-order valence-corrected chi connectivity index (χ1v) is 11.3. The van der Waals surface area contributed by atoms with Crippen molar-refractivity contribution < 1.29 is 23.6 Å². The van der Waals surface area contributed by atoms with Gasteiger partial charge >= 0.3 is 0 Å². The number of nitrogens with zero attached hydrogens (tertiary/aromatic N) is 2. The van der Waals surface area contributed by atoms with Gasteiger partial charge in [0.05, 0.1) is 13.2 Å². The second kappa shape index (κ2) is 11.9. The molecule has 3 rings (SSSR count). The SMILES string of the molecule is CCCOc1ccc(-c2nonc2NC(=O)[C@@H](C)Oc2ccc(CC)cc2)cc1OCCC. The molecule has 1 atom stereocenters. The van der Waals surface area contributed by atoms with E-state index in [1.165, 1.54) is 5.56 Å². The minimum Gasteiger partial charge on any atom is -0.490 e. The third-order valence-corrected chi connectivity index (χ3v) is 4.88. The van der Waals surface area contributed by atoms with Crippen molar-refractivity contribution in [1.82, 2.24) is 10.3 Å². The van der Waals surface area contributed by atoms with Gasteiger partial charge in [-0.2, -0.15) is 0 Å².